The van der Waals surface area contributed by atoms with Crippen LogP contribution in [0.1, 0.15) is 71.3 Å². The lowest BCUT2D eigenvalue weighted by Crippen LogP contribution is -2.53. The van der Waals surface area contributed by atoms with Gasteiger partial charge in [-0.3, -0.25) is 4.79 Å². The number of benzene rings is 2. The molecule has 1 amide bonds. The molecule has 1 aliphatic rings. The first-order valence-electron chi connectivity index (χ1n) is 17.5. The van der Waals surface area contributed by atoms with Crippen molar-refractivity contribution in [2.45, 2.75) is 95.5 Å². The number of hydrogen-bond acceptors (Lipinski definition) is 5. The van der Waals surface area contributed by atoms with Gasteiger partial charge < -0.3 is 9.74 Å². The van der Waals surface area contributed by atoms with Gasteiger partial charge >= 0.3 is 5.69 Å². The predicted octanol–water partition coefficient (Wildman–Crippen LogP) is 8.54. The fraction of sp³-hybridized carbons (Fsp3) is 0.366. The van der Waals surface area contributed by atoms with Crippen LogP contribution in [0.25, 0.3) is 38.9 Å². The number of pyridine rings is 2. The van der Waals surface area contributed by atoms with Crippen LogP contribution in [0.2, 0.25) is 18.1 Å². The Balaban J connectivity index is 1.29. The summed E-state index contributed by atoms with van der Waals surface area (Å²) < 4.78 is 8.30. The van der Waals surface area contributed by atoms with Crippen molar-refractivity contribution in [3.63, 3.8) is 0 Å². The summed E-state index contributed by atoms with van der Waals surface area (Å²) in [6.07, 6.45) is 12.8. The van der Waals surface area contributed by atoms with Crippen LogP contribution in [0, 0.1) is 12.3 Å². The van der Waals surface area contributed by atoms with Gasteiger partial charge in [-0.2, -0.15) is 5.10 Å². The highest BCUT2D eigenvalue weighted by molar-refractivity contribution is 6.74. The van der Waals surface area contributed by atoms with E-state index in [4.69, 9.17) is 15.8 Å². The average molecular weight is 686 g/mol. The number of H-pyrrole nitrogens is 1. The molecule has 2 N–H and O–H groups in total. The fourth-order valence-corrected chi connectivity index (χ4v) is 7.80. The van der Waals surface area contributed by atoms with Gasteiger partial charge in [0.1, 0.15) is 0 Å². The molecule has 8 nitrogen and oxygen atoms in total. The molecule has 6 rings (SSSR count). The molecule has 0 saturated heterocycles. The summed E-state index contributed by atoms with van der Waals surface area (Å²) in [5, 5.41) is 11.0. The third kappa shape index (κ3) is 6.83. The highest BCUT2D eigenvalue weighted by Gasteiger charge is 2.43. The van der Waals surface area contributed by atoms with Crippen LogP contribution in [0.15, 0.2) is 89.9 Å². The number of carbonyl (C=O) groups is 1. The van der Waals surface area contributed by atoms with Gasteiger partial charge in [0.2, 0.25) is 5.91 Å². The molecule has 0 radical (unpaired) electrons. The van der Waals surface area contributed by atoms with Gasteiger partial charge in [-0.1, -0.05) is 81.9 Å². The highest BCUT2D eigenvalue weighted by Crippen LogP contribution is 2.43. The summed E-state index contributed by atoms with van der Waals surface area (Å²) in [5.41, 5.74) is 5.79. The fourth-order valence-electron chi connectivity index (χ4n) is 6.47. The van der Waals surface area contributed by atoms with Crippen LogP contribution in [0.3, 0.4) is 0 Å². The Bertz CT molecular complexity index is 2130. The molecule has 3 aromatic heterocycles. The van der Waals surface area contributed by atoms with E-state index in [9.17, 15) is 9.59 Å². The molecule has 258 valence electrons. The number of nitrogens with one attached hydrogen (secondary N) is 2. The average Bonchev–Trinajstić information content (AvgIpc) is 3.47. The van der Waals surface area contributed by atoms with Crippen molar-refractivity contribution in [2.75, 3.05) is 0 Å². The van der Waals surface area contributed by atoms with Crippen molar-refractivity contribution in [1.82, 2.24) is 24.9 Å². The Morgan fingerprint density at radius 3 is 2.46 bits per heavy atom. The highest BCUT2D eigenvalue weighted by atomic mass is 28.4. The van der Waals surface area contributed by atoms with Crippen molar-refractivity contribution >= 4 is 30.8 Å². The Kier molecular flexibility index (Phi) is 9.71. The Labute approximate surface area is 295 Å². The topological polar surface area (TPSA) is 101 Å². The lowest BCUT2D eigenvalue weighted by Gasteiger charge is -2.44. The number of rotatable bonds is 12. The third-order valence-corrected chi connectivity index (χ3v) is 15.2. The molecule has 0 bridgehead atoms. The third-order valence-electron chi connectivity index (χ3n) is 10.7. The lowest BCUT2D eigenvalue weighted by atomic mass is 9.71. The SMILES string of the molecule is C#CCCCCC(O[Si](C)(C)C(C)(C)C)C(=C)C(=O)NC1(c2ccc(-c3nc4ccn5c(=O)[nH]nc5c4cc3-c3ccccc3)cc2)CCC1. The monoisotopic (exact) mass is 685 g/mol. The summed E-state index contributed by atoms with van der Waals surface area (Å²) in [4.78, 5) is 31.3. The minimum absolute atomic E-state index is 0.00259. The second-order valence-corrected chi connectivity index (χ2v) is 19.8. The van der Waals surface area contributed by atoms with Gasteiger partial charge in [-0.15, -0.1) is 12.3 Å². The smallest absolute Gasteiger partial charge is 0.347 e. The molecule has 1 atom stereocenters. The summed E-state index contributed by atoms with van der Waals surface area (Å²) in [6.45, 7) is 15.4. The van der Waals surface area contributed by atoms with Crippen molar-refractivity contribution in [3.8, 4) is 34.7 Å². The Hall–Kier alpha value is -4.78. The standard InChI is InChI=1S/C41H47N5O3Si/c1-8-9-10-14-18-35(49-50(6,7)40(3,4)5)28(2)38(47)43-41(24-15-25-41)31-21-19-30(20-22-31)36-32(29-16-12-11-13-17-29)27-33-34(42-36)23-26-46-37(33)44-45-39(46)48/h1,11-13,16-17,19-23,26-27,35H,2,9-10,14-15,18,24-25H2,3-7H3,(H,43,47)(H,45,48). The van der Waals surface area contributed by atoms with E-state index >= 15 is 0 Å². The Morgan fingerprint density at radius 2 is 1.82 bits per heavy atom. The first-order chi connectivity index (χ1) is 23.8. The maximum Gasteiger partial charge on any atom is 0.347 e. The number of hydrogen-bond donors (Lipinski definition) is 2. The maximum atomic E-state index is 14.0. The van der Waals surface area contributed by atoms with Crippen molar-refractivity contribution in [2.24, 2.45) is 0 Å². The zero-order valence-electron chi connectivity index (χ0n) is 29.8. The molecular weight excluding hydrogens is 639 g/mol. The molecule has 2 aromatic carbocycles. The van der Waals surface area contributed by atoms with Gasteiger partial charge in [0.05, 0.1) is 22.9 Å². The van der Waals surface area contributed by atoms with Crippen molar-refractivity contribution in [3.05, 3.63) is 101 Å². The molecule has 1 saturated carbocycles. The molecule has 5 aromatic rings. The molecular formula is C41H47N5O3Si. The molecule has 1 aliphatic carbocycles. The molecule has 1 unspecified atom stereocenters. The van der Waals surface area contributed by atoms with Crippen LogP contribution >= 0.6 is 0 Å². The largest absolute Gasteiger partial charge is 0.410 e. The number of carbonyl (C=O) groups excluding carboxylic acids is 1. The summed E-state index contributed by atoms with van der Waals surface area (Å²) in [5.74, 6) is 2.57. The van der Waals surface area contributed by atoms with Gasteiger partial charge in [0.15, 0.2) is 14.0 Å². The normalized spacial score (nSPS) is 15.0. The van der Waals surface area contributed by atoms with E-state index in [1.54, 1.807) is 6.20 Å². The zero-order valence-corrected chi connectivity index (χ0v) is 30.8. The second-order valence-electron chi connectivity index (χ2n) is 15.0. The molecule has 0 aliphatic heterocycles. The molecule has 50 heavy (non-hydrogen) atoms. The number of aromatic amines is 1. The molecule has 3 heterocycles. The number of terminal acetylenes is 1. The van der Waals surface area contributed by atoms with E-state index in [1.807, 2.05) is 24.3 Å². The van der Waals surface area contributed by atoms with Gasteiger partial charge in [0.25, 0.3) is 0 Å². The van der Waals surface area contributed by atoms with Crippen molar-refractivity contribution in [1.29, 1.82) is 0 Å². The molecule has 0 spiro atoms. The van der Waals surface area contributed by atoms with E-state index in [0.29, 0.717) is 24.1 Å². The van der Waals surface area contributed by atoms with Crippen molar-refractivity contribution < 1.29 is 9.22 Å². The first kappa shape index (κ1) is 35.1. The second kappa shape index (κ2) is 13.9. The summed E-state index contributed by atoms with van der Waals surface area (Å²) in [6, 6.07) is 22.4. The maximum absolute atomic E-state index is 14.0. The molecule has 9 heteroatoms. The number of aromatic nitrogens is 4. The van der Waals surface area contributed by atoms with Crippen LogP contribution in [-0.2, 0) is 14.8 Å². The van der Waals surface area contributed by atoms with Gasteiger partial charge in [0, 0.05) is 34.7 Å². The predicted molar refractivity (Wildman–Crippen MR) is 204 cm³/mol. The minimum atomic E-state index is -2.17. The van der Waals surface area contributed by atoms with E-state index in [1.165, 1.54) is 4.40 Å². The minimum Gasteiger partial charge on any atom is -0.410 e. The van der Waals surface area contributed by atoms with E-state index in [-0.39, 0.29) is 22.7 Å². The summed E-state index contributed by atoms with van der Waals surface area (Å²) >= 11 is 0. The van der Waals surface area contributed by atoms with Gasteiger partial charge in [-0.25, -0.2) is 19.3 Å². The lowest BCUT2D eigenvalue weighted by molar-refractivity contribution is -0.121. The van der Waals surface area contributed by atoms with Crippen LogP contribution in [0.5, 0.6) is 0 Å². The number of nitrogens with zero attached hydrogens (tertiary/aromatic N) is 3. The quantitative estimate of drug-likeness (QED) is 0.0593. The number of amides is 1. The van der Waals surface area contributed by atoms with E-state index in [2.05, 4.69) is 104 Å². The summed E-state index contributed by atoms with van der Waals surface area (Å²) in [7, 11) is -2.17. The van der Waals surface area contributed by atoms with Crippen LogP contribution in [0.4, 0.5) is 0 Å². The Morgan fingerprint density at radius 1 is 1.10 bits per heavy atom. The van der Waals surface area contributed by atoms with Crippen LogP contribution < -0.4 is 11.0 Å². The zero-order chi connectivity index (χ0) is 35.7. The van der Waals surface area contributed by atoms with E-state index < -0.39 is 13.9 Å². The molecule has 1 fully saturated rings. The van der Waals surface area contributed by atoms with E-state index in [0.717, 1.165) is 71.0 Å². The van der Waals surface area contributed by atoms with Gasteiger partial charge in [-0.05, 0) is 79.9 Å². The first-order valence-corrected chi connectivity index (χ1v) is 20.4. The van der Waals surface area contributed by atoms with Crippen LogP contribution in [-0.4, -0.2) is 39.9 Å². The number of unbranched alkanes of at least 4 members (excludes halogenated alkanes) is 2. The number of fused-ring (bicyclic) bond motifs is 3.